The summed E-state index contributed by atoms with van der Waals surface area (Å²) in [4.78, 5) is 14.7. The first kappa shape index (κ1) is 22.4. The molecule has 3 atom stereocenters. The van der Waals surface area contributed by atoms with Crippen molar-refractivity contribution in [3.05, 3.63) is 29.8 Å². The number of ether oxygens (including phenoxy) is 4. The number of hydrogen-bond acceptors (Lipinski definition) is 6. The van der Waals surface area contributed by atoms with Gasteiger partial charge in [0.1, 0.15) is 18.1 Å². The lowest BCUT2D eigenvalue weighted by molar-refractivity contribution is -0.182. The highest BCUT2D eigenvalue weighted by Crippen LogP contribution is 2.25. The number of carbonyl (C=O) groups excluding carboxylic acids is 1. The molecule has 0 aliphatic carbocycles. The molecule has 0 bridgehead atoms. The second-order valence-corrected chi connectivity index (χ2v) is 7.38. The standard InChI is InChI=1S/C20H33NO5/c1-14(16-9-11-17(24-8)12-10-16)21(6)15(2)18(25-13-23-7)19(22)26-20(3,4)5/h9-12,14-15,18H,13H2,1-8H3/t14-,15-,18-/m1/s1. The van der Waals surface area contributed by atoms with Crippen LogP contribution in [0.1, 0.15) is 46.2 Å². The molecule has 1 aromatic carbocycles. The highest BCUT2D eigenvalue weighted by molar-refractivity contribution is 5.76. The van der Waals surface area contributed by atoms with Crippen LogP contribution in [0.2, 0.25) is 0 Å². The van der Waals surface area contributed by atoms with Crippen molar-refractivity contribution in [1.29, 1.82) is 0 Å². The normalized spacial score (nSPS) is 15.4. The average molecular weight is 367 g/mol. The van der Waals surface area contributed by atoms with Gasteiger partial charge < -0.3 is 18.9 Å². The molecule has 0 radical (unpaired) electrons. The Hall–Kier alpha value is -1.63. The molecule has 0 aliphatic heterocycles. The van der Waals surface area contributed by atoms with Gasteiger partial charge in [-0.25, -0.2) is 4.79 Å². The Morgan fingerprint density at radius 3 is 2.15 bits per heavy atom. The fraction of sp³-hybridized carbons (Fsp3) is 0.650. The number of nitrogens with zero attached hydrogens (tertiary/aromatic N) is 1. The van der Waals surface area contributed by atoms with Crippen molar-refractivity contribution in [3.63, 3.8) is 0 Å². The quantitative estimate of drug-likeness (QED) is 0.492. The van der Waals surface area contributed by atoms with Crippen LogP contribution >= 0.6 is 0 Å². The van der Waals surface area contributed by atoms with Gasteiger partial charge in [-0.1, -0.05) is 12.1 Å². The van der Waals surface area contributed by atoms with E-state index in [1.54, 1.807) is 7.11 Å². The summed E-state index contributed by atoms with van der Waals surface area (Å²) in [6, 6.07) is 7.76. The molecule has 0 amide bonds. The molecule has 0 aromatic heterocycles. The molecule has 1 rings (SSSR count). The lowest BCUT2D eigenvalue weighted by atomic mass is 10.0. The summed E-state index contributed by atoms with van der Waals surface area (Å²) < 4.78 is 21.4. The second-order valence-electron chi connectivity index (χ2n) is 7.38. The summed E-state index contributed by atoms with van der Waals surface area (Å²) in [6.45, 7) is 9.58. The Morgan fingerprint density at radius 2 is 1.69 bits per heavy atom. The smallest absolute Gasteiger partial charge is 0.337 e. The van der Waals surface area contributed by atoms with E-state index in [0.29, 0.717) is 0 Å². The van der Waals surface area contributed by atoms with Crippen LogP contribution < -0.4 is 4.74 Å². The van der Waals surface area contributed by atoms with E-state index in [9.17, 15) is 4.79 Å². The van der Waals surface area contributed by atoms with E-state index in [1.165, 1.54) is 7.11 Å². The van der Waals surface area contributed by atoms with E-state index in [1.807, 2.05) is 59.0 Å². The van der Waals surface area contributed by atoms with E-state index < -0.39 is 17.7 Å². The number of methoxy groups -OCH3 is 2. The topological polar surface area (TPSA) is 57.2 Å². The Kier molecular flexibility index (Phi) is 8.53. The molecule has 1 aromatic rings. The minimum absolute atomic E-state index is 0.0268. The highest BCUT2D eigenvalue weighted by atomic mass is 16.7. The van der Waals surface area contributed by atoms with Crippen molar-refractivity contribution in [2.45, 2.75) is 58.4 Å². The van der Waals surface area contributed by atoms with Gasteiger partial charge >= 0.3 is 5.97 Å². The molecule has 0 aliphatic rings. The summed E-state index contributed by atoms with van der Waals surface area (Å²) in [5.41, 5.74) is 0.542. The third kappa shape index (κ3) is 6.59. The number of likely N-dealkylation sites (N-methyl/N-ethyl adjacent to an activating group) is 1. The van der Waals surface area contributed by atoms with Crippen LogP contribution in [0.4, 0.5) is 0 Å². The van der Waals surface area contributed by atoms with Crippen LogP contribution in [0.25, 0.3) is 0 Å². The minimum Gasteiger partial charge on any atom is -0.497 e. The Bertz CT molecular complexity index is 552. The number of carbonyl (C=O) groups is 1. The fourth-order valence-corrected chi connectivity index (χ4v) is 2.59. The summed E-state index contributed by atoms with van der Waals surface area (Å²) in [5, 5.41) is 0. The maximum Gasteiger partial charge on any atom is 0.337 e. The first-order valence-electron chi connectivity index (χ1n) is 8.80. The van der Waals surface area contributed by atoms with E-state index in [4.69, 9.17) is 18.9 Å². The monoisotopic (exact) mass is 367 g/mol. The molecule has 6 nitrogen and oxygen atoms in total. The zero-order valence-electron chi connectivity index (χ0n) is 17.2. The molecule has 0 spiro atoms. The lowest BCUT2D eigenvalue weighted by Crippen LogP contribution is -2.48. The molecule has 6 heteroatoms. The first-order valence-corrected chi connectivity index (χ1v) is 8.80. The third-order valence-electron chi connectivity index (χ3n) is 4.29. The van der Waals surface area contributed by atoms with Crippen molar-refractivity contribution in [3.8, 4) is 5.75 Å². The van der Waals surface area contributed by atoms with Crippen molar-refractivity contribution in [1.82, 2.24) is 4.90 Å². The molecule has 0 saturated carbocycles. The Balaban J connectivity index is 2.92. The molecular weight excluding hydrogens is 334 g/mol. The molecule has 0 unspecified atom stereocenters. The minimum atomic E-state index is -0.750. The van der Waals surface area contributed by atoms with Gasteiger partial charge in [-0.15, -0.1) is 0 Å². The summed E-state index contributed by atoms with van der Waals surface area (Å²) in [5.74, 6) is 0.419. The van der Waals surface area contributed by atoms with Crippen LogP contribution in [0.15, 0.2) is 24.3 Å². The first-order chi connectivity index (χ1) is 12.1. The maximum absolute atomic E-state index is 12.6. The summed E-state index contributed by atoms with van der Waals surface area (Å²) >= 11 is 0. The average Bonchev–Trinajstić information content (AvgIpc) is 2.59. The van der Waals surface area contributed by atoms with Crippen molar-refractivity contribution >= 4 is 5.97 Å². The Labute approximate surface area is 157 Å². The van der Waals surface area contributed by atoms with Crippen molar-refractivity contribution < 1.29 is 23.7 Å². The van der Waals surface area contributed by atoms with Gasteiger partial charge in [-0.05, 0) is 59.4 Å². The van der Waals surface area contributed by atoms with Gasteiger partial charge in [-0.3, -0.25) is 4.90 Å². The number of rotatable bonds is 9. The fourth-order valence-electron chi connectivity index (χ4n) is 2.59. The van der Waals surface area contributed by atoms with Crippen molar-refractivity contribution in [2.24, 2.45) is 0 Å². The summed E-state index contributed by atoms with van der Waals surface area (Å²) in [7, 11) is 5.14. The molecule has 0 N–H and O–H groups in total. The van der Waals surface area contributed by atoms with Gasteiger partial charge in [-0.2, -0.15) is 0 Å². The van der Waals surface area contributed by atoms with E-state index >= 15 is 0 Å². The predicted octanol–water partition coefficient (Wildman–Crippen LogP) is 3.41. The Morgan fingerprint density at radius 1 is 1.12 bits per heavy atom. The van der Waals surface area contributed by atoms with Gasteiger partial charge in [0.15, 0.2) is 6.10 Å². The third-order valence-corrected chi connectivity index (χ3v) is 4.29. The zero-order chi connectivity index (χ0) is 19.9. The molecule has 26 heavy (non-hydrogen) atoms. The maximum atomic E-state index is 12.6. The highest BCUT2D eigenvalue weighted by Gasteiger charge is 2.34. The number of hydrogen-bond donors (Lipinski definition) is 0. The number of esters is 1. The molecular formula is C20H33NO5. The zero-order valence-corrected chi connectivity index (χ0v) is 17.2. The van der Waals surface area contributed by atoms with Gasteiger partial charge in [0.25, 0.3) is 0 Å². The van der Waals surface area contributed by atoms with Gasteiger partial charge in [0, 0.05) is 19.2 Å². The molecule has 0 saturated heterocycles. The summed E-state index contributed by atoms with van der Waals surface area (Å²) in [6.07, 6.45) is -0.750. The largest absolute Gasteiger partial charge is 0.497 e. The van der Waals surface area contributed by atoms with Crippen LogP contribution in [0.5, 0.6) is 5.75 Å². The van der Waals surface area contributed by atoms with Crippen LogP contribution in [-0.2, 0) is 19.0 Å². The van der Waals surface area contributed by atoms with E-state index in [2.05, 4.69) is 11.8 Å². The van der Waals surface area contributed by atoms with Crippen LogP contribution in [0.3, 0.4) is 0 Å². The second kappa shape index (κ2) is 9.90. The SMILES string of the molecule is COCO[C@@H](C(=O)OC(C)(C)C)[C@@H](C)N(C)[C@H](C)c1ccc(OC)cc1. The lowest BCUT2D eigenvalue weighted by Gasteiger charge is -2.35. The molecule has 148 valence electrons. The van der Waals surface area contributed by atoms with Gasteiger partial charge in [0.2, 0.25) is 0 Å². The predicted molar refractivity (Wildman–Crippen MR) is 101 cm³/mol. The van der Waals surface area contributed by atoms with E-state index in [0.717, 1.165) is 11.3 Å². The van der Waals surface area contributed by atoms with Crippen LogP contribution in [0, 0.1) is 0 Å². The molecule has 0 fully saturated rings. The van der Waals surface area contributed by atoms with Crippen LogP contribution in [-0.4, -0.2) is 56.7 Å². The van der Waals surface area contributed by atoms with Crippen molar-refractivity contribution in [2.75, 3.05) is 28.1 Å². The van der Waals surface area contributed by atoms with E-state index in [-0.39, 0.29) is 18.9 Å². The molecule has 0 heterocycles. The number of benzene rings is 1. The van der Waals surface area contributed by atoms with Gasteiger partial charge in [0.05, 0.1) is 7.11 Å².